The van der Waals surface area contributed by atoms with Gasteiger partial charge in [0.1, 0.15) is 5.75 Å². The van der Waals surface area contributed by atoms with Crippen LogP contribution in [0.1, 0.15) is 76.9 Å². The molecular weight excluding hydrogens is 476 g/mol. The van der Waals surface area contributed by atoms with Gasteiger partial charge in [-0.3, -0.25) is 9.69 Å². The maximum Gasteiger partial charge on any atom is 0.241 e. The summed E-state index contributed by atoms with van der Waals surface area (Å²) >= 11 is 0. The van der Waals surface area contributed by atoms with Crippen molar-refractivity contribution in [3.63, 3.8) is 0 Å². The van der Waals surface area contributed by atoms with Crippen LogP contribution < -0.4 is 10.1 Å². The summed E-state index contributed by atoms with van der Waals surface area (Å²) in [4.78, 5) is 20.2. The van der Waals surface area contributed by atoms with Gasteiger partial charge in [0.25, 0.3) is 0 Å². The molecule has 1 amide bonds. The Kier molecular flexibility index (Phi) is 8.87. The second kappa shape index (κ2) is 12.1. The van der Waals surface area contributed by atoms with E-state index in [2.05, 4.69) is 67.1 Å². The van der Waals surface area contributed by atoms with E-state index in [-0.39, 0.29) is 23.3 Å². The number of rotatable bonds is 9. The summed E-state index contributed by atoms with van der Waals surface area (Å²) in [7, 11) is 1.66. The molecule has 1 aromatic heterocycles. The molecule has 2 aromatic carbocycles. The van der Waals surface area contributed by atoms with Crippen molar-refractivity contribution in [2.75, 3.05) is 20.2 Å². The predicted molar refractivity (Wildman–Crippen MR) is 150 cm³/mol. The largest absolute Gasteiger partial charge is 0.497 e. The molecule has 38 heavy (non-hydrogen) atoms. The lowest BCUT2D eigenvalue weighted by Crippen LogP contribution is -2.43. The highest BCUT2D eigenvalue weighted by molar-refractivity contribution is 5.79. The highest BCUT2D eigenvalue weighted by Gasteiger charge is 2.29. The van der Waals surface area contributed by atoms with Gasteiger partial charge < -0.3 is 14.6 Å². The van der Waals surface area contributed by atoms with E-state index in [4.69, 9.17) is 9.26 Å². The Morgan fingerprint density at radius 2 is 1.84 bits per heavy atom. The SMILES string of the molecule is COc1ccc(C(CC(C)C)NC(=O)C2CCCN(Cc3nc(-c4ccc(C(C)(C)C)cc4)no3)C2)cc1. The van der Waals surface area contributed by atoms with Crippen molar-refractivity contribution in [2.45, 2.75) is 71.9 Å². The summed E-state index contributed by atoms with van der Waals surface area (Å²) < 4.78 is 10.9. The highest BCUT2D eigenvalue weighted by atomic mass is 16.5. The van der Waals surface area contributed by atoms with Crippen LogP contribution in [-0.2, 0) is 16.8 Å². The molecule has 1 saturated heterocycles. The van der Waals surface area contributed by atoms with Gasteiger partial charge in [0.15, 0.2) is 0 Å². The van der Waals surface area contributed by atoms with E-state index < -0.39 is 0 Å². The highest BCUT2D eigenvalue weighted by Crippen LogP contribution is 2.27. The number of carbonyl (C=O) groups is 1. The minimum Gasteiger partial charge on any atom is -0.497 e. The molecule has 3 aromatic rings. The number of likely N-dealkylation sites (tertiary alicyclic amines) is 1. The zero-order chi connectivity index (χ0) is 27.3. The van der Waals surface area contributed by atoms with Crippen molar-refractivity contribution >= 4 is 5.91 Å². The van der Waals surface area contributed by atoms with Crippen LogP contribution in [0, 0.1) is 11.8 Å². The average Bonchev–Trinajstić information content (AvgIpc) is 3.36. The fourth-order valence-corrected chi connectivity index (χ4v) is 5.04. The zero-order valence-electron chi connectivity index (χ0n) is 23.7. The number of methoxy groups -OCH3 is 1. The first-order valence-electron chi connectivity index (χ1n) is 13.7. The van der Waals surface area contributed by atoms with Crippen molar-refractivity contribution in [3.05, 3.63) is 65.5 Å². The van der Waals surface area contributed by atoms with Gasteiger partial charge in [-0.25, -0.2) is 0 Å². The first kappa shape index (κ1) is 27.8. The summed E-state index contributed by atoms with van der Waals surface area (Å²) in [5.41, 5.74) is 3.42. The van der Waals surface area contributed by atoms with Gasteiger partial charge in [-0.15, -0.1) is 0 Å². The van der Waals surface area contributed by atoms with Crippen molar-refractivity contribution in [1.82, 2.24) is 20.4 Å². The molecule has 1 N–H and O–H groups in total. The lowest BCUT2D eigenvalue weighted by molar-refractivity contribution is -0.127. The van der Waals surface area contributed by atoms with Gasteiger partial charge in [-0.1, -0.05) is 76.2 Å². The number of nitrogens with one attached hydrogen (secondary N) is 1. The number of hydrogen-bond acceptors (Lipinski definition) is 6. The maximum absolute atomic E-state index is 13.4. The standard InChI is InChI=1S/C31H42N4O3/c1-21(2)18-27(22-11-15-26(37-6)16-12-22)32-30(36)24-8-7-17-35(19-24)20-28-33-29(34-38-28)23-9-13-25(14-10-23)31(3,4)5/h9-16,21,24,27H,7-8,17-20H2,1-6H3,(H,32,36). The van der Waals surface area contributed by atoms with E-state index in [1.54, 1.807) is 7.11 Å². The van der Waals surface area contributed by atoms with Crippen LogP contribution >= 0.6 is 0 Å². The molecule has 204 valence electrons. The third-order valence-corrected chi connectivity index (χ3v) is 7.25. The number of nitrogens with zero attached hydrogens (tertiary/aromatic N) is 3. The van der Waals surface area contributed by atoms with Crippen LogP contribution in [0.25, 0.3) is 11.4 Å². The second-order valence-electron chi connectivity index (χ2n) is 11.9. The molecule has 0 aliphatic carbocycles. The molecule has 7 nitrogen and oxygen atoms in total. The molecule has 1 fully saturated rings. The first-order chi connectivity index (χ1) is 18.1. The summed E-state index contributed by atoms with van der Waals surface area (Å²) in [6, 6.07) is 16.3. The van der Waals surface area contributed by atoms with Crippen LogP contribution in [0.3, 0.4) is 0 Å². The van der Waals surface area contributed by atoms with Gasteiger partial charge in [0.05, 0.1) is 25.6 Å². The fraction of sp³-hybridized carbons (Fsp3) is 0.516. The number of benzene rings is 2. The molecular formula is C31H42N4O3. The molecule has 4 rings (SSSR count). The Bertz CT molecular complexity index is 1180. The smallest absolute Gasteiger partial charge is 0.241 e. The van der Waals surface area contributed by atoms with Crippen LogP contribution in [0.15, 0.2) is 53.1 Å². The number of piperidine rings is 1. The maximum atomic E-state index is 13.4. The molecule has 1 aliphatic rings. The summed E-state index contributed by atoms with van der Waals surface area (Å²) in [6.07, 6.45) is 2.73. The molecule has 2 heterocycles. The van der Waals surface area contributed by atoms with E-state index in [1.165, 1.54) is 5.56 Å². The number of aromatic nitrogens is 2. The van der Waals surface area contributed by atoms with Gasteiger partial charge in [0, 0.05) is 12.1 Å². The Labute approximate surface area is 227 Å². The molecule has 7 heteroatoms. The topological polar surface area (TPSA) is 80.5 Å². The number of hydrogen-bond donors (Lipinski definition) is 1. The van der Waals surface area contributed by atoms with Crippen molar-refractivity contribution in [3.8, 4) is 17.1 Å². The molecule has 0 saturated carbocycles. The summed E-state index contributed by atoms with van der Waals surface area (Å²) in [5.74, 6) is 2.50. The van der Waals surface area contributed by atoms with Gasteiger partial charge in [-0.2, -0.15) is 4.98 Å². The van der Waals surface area contributed by atoms with Crippen molar-refractivity contribution in [1.29, 1.82) is 0 Å². The number of carbonyl (C=O) groups excluding carboxylic acids is 1. The molecule has 2 atom stereocenters. The second-order valence-corrected chi connectivity index (χ2v) is 11.9. The third kappa shape index (κ3) is 7.22. The minimum atomic E-state index is -0.0657. The Hall–Kier alpha value is -3.19. The fourth-order valence-electron chi connectivity index (χ4n) is 5.04. The Morgan fingerprint density at radius 1 is 1.13 bits per heavy atom. The predicted octanol–water partition coefficient (Wildman–Crippen LogP) is 6.16. The van der Waals surface area contributed by atoms with Gasteiger partial charge in [0.2, 0.25) is 17.6 Å². The van der Waals surface area contributed by atoms with E-state index in [9.17, 15) is 4.79 Å². The molecule has 0 bridgehead atoms. The van der Waals surface area contributed by atoms with Gasteiger partial charge >= 0.3 is 0 Å². The number of ether oxygens (including phenoxy) is 1. The van der Waals surface area contributed by atoms with E-state index in [0.29, 0.717) is 30.7 Å². The van der Waals surface area contributed by atoms with Gasteiger partial charge in [-0.05, 0) is 60.4 Å². The number of amides is 1. The molecule has 0 radical (unpaired) electrons. The lowest BCUT2D eigenvalue weighted by Gasteiger charge is -2.32. The summed E-state index contributed by atoms with van der Waals surface area (Å²) in [6.45, 7) is 13.1. The zero-order valence-corrected chi connectivity index (χ0v) is 23.7. The summed E-state index contributed by atoms with van der Waals surface area (Å²) in [5, 5.41) is 7.55. The molecule has 0 spiro atoms. The molecule has 1 aliphatic heterocycles. The Morgan fingerprint density at radius 3 is 2.47 bits per heavy atom. The van der Waals surface area contributed by atoms with Crippen molar-refractivity contribution in [2.24, 2.45) is 11.8 Å². The normalized spacial score (nSPS) is 17.4. The van der Waals surface area contributed by atoms with Crippen LogP contribution in [0.4, 0.5) is 0 Å². The lowest BCUT2D eigenvalue weighted by atomic mass is 9.87. The average molecular weight is 519 g/mol. The minimum absolute atomic E-state index is 0.0213. The first-order valence-corrected chi connectivity index (χ1v) is 13.7. The van der Waals surface area contributed by atoms with E-state index >= 15 is 0 Å². The van der Waals surface area contributed by atoms with E-state index in [0.717, 1.165) is 42.7 Å². The van der Waals surface area contributed by atoms with Crippen LogP contribution in [-0.4, -0.2) is 41.1 Å². The molecule has 2 unspecified atom stereocenters. The quantitative estimate of drug-likeness (QED) is 0.365. The van der Waals surface area contributed by atoms with E-state index in [1.807, 2.05) is 36.4 Å². The van der Waals surface area contributed by atoms with Crippen LogP contribution in [0.5, 0.6) is 5.75 Å². The Balaban J connectivity index is 1.37. The monoisotopic (exact) mass is 518 g/mol. The third-order valence-electron chi connectivity index (χ3n) is 7.25. The van der Waals surface area contributed by atoms with Crippen LogP contribution in [0.2, 0.25) is 0 Å². The van der Waals surface area contributed by atoms with Crippen molar-refractivity contribution < 1.29 is 14.1 Å².